The smallest absolute Gasteiger partial charge is 0.261 e. The van der Waals surface area contributed by atoms with E-state index >= 15 is 0 Å². The monoisotopic (exact) mass is 495 g/mol. The van der Waals surface area contributed by atoms with Gasteiger partial charge in [-0.25, -0.2) is 0 Å². The summed E-state index contributed by atoms with van der Waals surface area (Å²) in [6.07, 6.45) is 4.13. The number of nitrogens with zero attached hydrogens (tertiary/aromatic N) is 1. The van der Waals surface area contributed by atoms with E-state index in [0.717, 1.165) is 41.7 Å². The predicted octanol–water partition coefficient (Wildman–Crippen LogP) is 4.68. The van der Waals surface area contributed by atoms with E-state index in [0.29, 0.717) is 11.4 Å². The number of hydrogen-bond donors (Lipinski definition) is 2. The molecule has 3 aromatic rings. The molecule has 1 aliphatic rings. The normalized spacial score (nSPS) is 14.5. The van der Waals surface area contributed by atoms with Crippen LogP contribution < -0.4 is 10.6 Å². The molecule has 3 amide bonds. The Kier molecular flexibility index (Phi) is 8.13. The number of hydrogen-bond acceptors (Lipinski definition) is 5. The molecule has 2 N–H and O–H groups in total. The Hall–Kier alpha value is -2.97. The largest absolute Gasteiger partial charge is 0.351 e. The molecule has 1 aliphatic carbocycles. The molecule has 6 nitrogen and oxygen atoms in total. The Morgan fingerprint density at radius 3 is 2.41 bits per heavy atom. The maximum atomic E-state index is 13.7. The summed E-state index contributed by atoms with van der Waals surface area (Å²) >= 11 is 2.86. The van der Waals surface area contributed by atoms with Gasteiger partial charge in [0.15, 0.2) is 0 Å². The van der Waals surface area contributed by atoms with E-state index in [-0.39, 0.29) is 30.3 Å². The van der Waals surface area contributed by atoms with Crippen LogP contribution in [0.1, 0.15) is 57.4 Å². The summed E-state index contributed by atoms with van der Waals surface area (Å²) in [5.41, 5.74) is 1.74. The zero-order valence-corrected chi connectivity index (χ0v) is 20.8. The Balaban J connectivity index is 1.62. The second-order valence-electron chi connectivity index (χ2n) is 8.51. The molecular formula is C26H29N3O3S2. The topological polar surface area (TPSA) is 78.5 Å². The maximum absolute atomic E-state index is 13.7. The minimum atomic E-state index is -0.782. The molecule has 2 heterocycles. The van der Waals surface area contributed by atoms with Gasteiger partial charge in [0.1, 0.15) is 6.04 Å². The van der Waals surface area contributed by atoms with Crippen molar-refractivity contribution < 1.29 is 14.4 Å². The van der Waals surface area contributed by atoms with Crippen molar-refractivity contribution in [3.8, 4) is 0 Å². The minimum absolute atomic E-state index is 0.135. The van der Waals surface area contributed by atoms with Gasteiger partial charge in [0.05, 0.1) is 18.0 Å². The van der Waals surface area contributed by atoms with Crippen molar-refractivity contribution in [3.05, 3.63) is 80.2 Å². The zero-order valence-electron chi connectivity index (χ0n) is 19.2. The van der Waals surface area contributed by atoms with Crippen molar-refractivity contribution in [1.82, 2.24) is 15.5 Å². The molecule has 1 atom stereocenters. The van der Waals surface area contributed by atoms with Crippen molar-refractivity contribution in [2.24, 2.45) is 0 Å². The second kappa shape index (κ2) is 11.4. The average Bonchev–Trinajstić information content (AvgIpc) is 3.62. The van der Waals surface area contributed by atoms with E-state index in [1.165, 1.54) is 11.3 Å². The second-order valence-corrected chi connectivity index (χ2v) is 10.5. The Morgan fingerprint density at radius 1 is 1.00 bits per heavy atom. The molecular weight excluding hydrogens is 466 g/mol. The van der Waals surface area contributed by atoms with Crippen LogP contribution in [0.25, 0.3) is 0 Å². The lowest BCUT2D eigenvalue weighted by molar-refractivity contribution is -0.141. The number of thiophene rings is 2. The summed E-state index contributed by atoms with van der Waals surface area (Å²) in [5.74, 6) is -0.758. The summed E-state index contributed by atoms with van der Waals surface area (Å²) in [7, 11) is 0. The van der Waals surface area contributed by atoms with Gasteiger partial charge in [0, 0.05) is 10.9 Å². The Labute approximate surface area is 208 Å². The molecule has 1 unspecified atom stereocenters. The Bertz CT molecular complexity index is 1110. The highest BCUT2D eigenvalue weighted by molar-refractivity contribution is 7.12. The molecule has 1 fully saturated rings. The first-order chi connectivity index (χ1) is 16.5. The first kappa shape index (κ1) is 24.2. The highest BCUT2D eigenvalue weighted by atomic mass is 32.1. The highest BCUT2D eigenvalue weighted by Crippen LogP contribution is 2.29. The number of nitrogens with one attached hydrogen (secondary N) is 2. The molecule has 1 saturated carbocycles. The molecule has 1 aromatic carbocycles. The van der Waals surface area contributed by atoms with Crippen molar-refractivity contribution in [2.45, 2.75) is 51.2 Å². The highest BCUT2D eigenvalue weighted by Gasteiger charge is 2.34. The van der Waals surface area contributed by atoms with E-state index in [9.17, 15) is 14.4 Å². The molecule has 0 radical (unpaired) electrons. The van der Waals surface area contributed by atoms with E-state index in [1.807, 2.05) is 54.1 Å². The summed E-state index contributed by atoms with van der Waals surface area (Å²) in [4.78, 5) is 42.8. The van der Waals surface area contributed by atoms with Crippen LogP contribution in [-0.2, 0) is 16.1 Å². The number of amides is 3. The van der Waals surface area contributed by atoms with Gasteiger partial charge in [-0.2, -0.15) is 0 Å². The molecule has 0 spiro atoms. The molecule has 178 valence electrons. The first-order valence-electron chi connectivity index (χ1n) is 11.5. The predicted molar refractivity (Wildman–Crippen MR) is 136 cm³/mol. The van der Waals surface area contributed by atoms with Crippen molar-refractivity contribution in [2.75, 3.05) is 6.54 Å². The molecule has 0 aliphatic heterocycles. The number of aryl methyl sites for hydroxylation is 1. The quantitative estimate of drug-likeness (QED) is 0.453. The molecule has 0 saturated heterocycles. The molecule has 4 rings (SSSR count). The fraction of sp³-hybridized carbons (Fsp3) is 0.346. The van der Waals surface area contributed by atoms with Gasteiger partial charge in [0.25, 0.3) is 5.91 Å². The summed E-state index contributed by atoms with van der Waals surface area (Å²) in [6.45, 7) is 2.07. The fourth-order valence-electron chi connectivity index (χ4n) is 4.34. The van der Waals surface area contributed by atoms with Gasteiger partial charge in [0.2, 0.25) is 11.8 Å². The van der Waals surface area contributed by atoms with E-state index in [2.05, 4.69) is 10.6 Å². The van der Waals surface area contributed by atoms with Crippen LogP contribution in [0.5, 0.6) is 0 Å². The van der Waals surface area contributed by atoms with Crippen LogP contribution in [-0.4, -0.2) is 35.2 Å². The van der Waals surface area contributed by atoms with Gasteiger partial charge in [-0.15, -0.1) is 22.7 Å². The van der Waals surface area contributed by atoms with Crippen molar-refractivity contribution >= 4 is 40.4 Å². The maximum Gasteiger partial charge on any atom is 0.261 e. The number of benzene rings is 1. The van der Waals surface area contributed by atoms with Crippen LogP contribution in [0.4, 0.5) is 0 Å². The van der Waals surface area contributed by atoms with Crippen LogP contribution >= 0.6 is 22.7 Å². The molecule has 8 heteroatoms. The van der Waals surface area contributed by atoms with Gasteiger partial charge in [-0.3, -0.25) is 14.4 Å². The van der Waals surface area contributed by atoms with Gasteiger partial charge >= 0.3 is 0 Å². The van der Waals surface area contributed by atoms with E-state index < -0.39 is 6.04 Å². The van der Waals surface area contributed by atoms with Crippen molar-refractivity contribution in [1.29, 1.82) is 0 Å². The summed E-state index contributed by atoms with van der Waals surface area (Å²) in [5, 5.41) is 9.70. The van der Waals surface area contributed by atoms with Gasteiger partial charge in [-0.1, -0.05) is 49.2 Å². The summed E-state index contributed by atoms with van der Waals surface area (Å²) in [6, 6.07) is 14.4. The SMILES string of the molecule is Cc1ccccc1C(C(=O)NC1CCCC1)N(Cc1cccs1)C(=O)CNC(=O)c1cccs1. The third-order valence-electron chi connectivity index (χ3n) is 6.12. The van der Waals surface area contributed by atoms with Crippen LogP contribution in [0.2, 0.25) is 0 Å². The standard InChI is InChI=1S/C26H29N3O3S2/c1-18-8-2-5-12-21(18)24(26(32)28-19-9-3-4-10-19)29(17-20-11-6-14-33-20)23(30)16-27-25(31)22-13-7-15-34-22/h2,5-8,11-15,19,24H,3-4,9-10,16-17H2,1H3,(H,27,31)(H,28,32). The summed E-state index contributed by atoms with van der Waals surface area (Å²) < 4.78 is 0. The average molecular weight is 496 g/mol. The van der Waals surface area contributed by atoms with Crippen molar-refractivity contribution in [3.63, 3.8) is 0 Å². The third-order valence-corrected chi connectivity index (χ3v) is 7.85. The van der Waals surface area contributed by atoms with Crippen LogP contribution in [0.3, 0.4) is 0 Å². The van der Waals surface area contributed by atoms with Crippen LogP contribution in [0.15, 0.2) is 59.3 Å². The number of carbonyl (C=O) groups is 3. The molecule has 0 bridgehead atoms. The van der Waals surface area contributed by atoms with Crippen LogP contribution in [0, 0.1) is 6.92 Å². The fourth-order valence-corrected chi connectivity index (χ4v) is 5.68. The third kappa shape index (κ3) is 5.93. The zero-order chi connectivity index (χ0) is 23.9. The minimum Gasteiger partial charge on any atom is -0.351 e. The number of rotatable bonds is 9. The van der Waals surface area contributed by atoms with Gasteiger partial charge < -0.3 is 15.5 Å². The number of carbonyl (C=O) groups excluding carboxylic acids is 3. The first-order valence-corrected chi connectivity index (χ1v) is 13.3. The molecule has 2 aromatic heterocycles. The lowest BCUT2D eigenvalue weighted by Gasteiger charge is -2.33. The lowest BCUT2D eigenvalue weighted by atomic mass is 9.98. The molecule has 34 heavy (non-hydrogen) atoms. The van der Waals surface area contributed by atoms with Gasteiger partial charge in [-0.05, 0) is 53.8 Å². The lowest BCUT2D eigenvalue weighted by Crippen LogP contribution is -2.48. The van der Waals surface area contributed by atoms with E-state index in [4.69, 9.17) is 0 Å². The van der Waals surface area contributed by atoms with E-state index in [1.54, 1.807) is 28.4 Å². The Morgan fingerprint density at radius 2 is 1.74 bits per heavy atom.